The van der Waals surface area contributed by atoms with Crippen molar-refractivity contribution in [1.29, 1.82) is 0 Å². The highest BCUT2D eigenvalue weighted by Gasteiger charge is 2.31. The number of amides is 1. The molecule has 0 unspecified atom stereocenters. The highest BCUT2D eigenvalue weighted by molar-refractivity contribution is 7.92. The van der Waals surface area contributed by atoms with Gasteiger partial charge in [-0.3, -0.25) is 9.10 Å². The van der Waals surface area contributed by atoms with Crippen molar-refractivity contribution in [2.45, 2.75) is 18.2 Å². The molecule has 8 heteroatoms. The molecule has 0 spiro atoms. The fourth-order valence-electron chi connectivity index (χ4n) is 4.10. The summed E-state index contributed by atoms with van der Waals surface area (Å²) < 4.78 is 33.7. The molecule has 1 aliphatic heterocycles. The topological polar surface area (TPSA) is 75.7 Å². The molecule has 0 fully saturated rings. The number of fused-ring (bicyclic) bond motifs is 1. The van der Waals surface area contributed by atoms with E-state index in [0.717, 1.165) is 11.1 Å². The average molecular weight is 519 g/mol. The standard InChI is InChI=1S/C28H23ClN2O4S/c1-19-7-11-24(12-8-19)36(33,34)31-16-15-20-17-21(9-13-26(20)31)28(32)30-25-18-22(29)10-14-27(25)35-23-5-3-2-4-6-23/h2-14,17-18H,15-16H2,1H3,(H,30,32). The van der Waals surface area contributed by atoms with Crippen LogP contribution in [-0.2, 0) is 16.4 Å². The Hall–Kier alpha value is -3.81. The van der Waals surface area contributed by atoms with E-state index in [1.54, 1.807) is 60.7 Å². The van der Waals surface area contributed by atoms with Crippen molar-refractivity contribution >= 4 is 38.9 Å². The zero-order valence-electron chi connectivity index (χ0n) is 19.4. The van der Waals surface area contributed by atoms with Crippen LogP contribution in [0.15, 0.2) is 95.9 Å². The van der Waals surface area contributed by atoms with Crippen molar-refractivity contribution in [3.8, 4) is 11.5 Å². The van der Waals surface area contributed by atoms with Gasteiger partial charge >= 0.3 is 0 Å². The number of para-hydroxylation sites is 1. The second kappa shape index (κ2) is 9.68. The van der Waals surface area contributed by atoms with Crippen LogP contribution in [0.3, 0.4) is 0 Å². The molecule has 4 aromatic rings. The van der Waals surface area contributed by atoms with E-state index in [9.17, 15) is 13.2 Å². The van der Waals surface area contributed by atoms with E-state index < -0.39 is 10.0 Å². The second-order valence-electron chi connectivity index (χ2n) is 8.49. The van der Waals surface area contributed by atoms with Gasteiger partial charge in [-0.25, -0.2) is 8.42 Å². The molecule has 0 bridgehead atoms. The van der Waals surface area contributed by atoms with E-state index in [-0.39, 0.29) is 10.8 Å². The number of ether oxygens (including phenoxy) is 1. The van der Waals surface area contributed by atoms with Crippen LogP contribution in [0.25, 0.3) is 0 Å². The first-order valence-electron chi connectivity index (χ1n) is 11.4. The van der Waals surface area contributed by atoms with Crippen LogP contribution >= 0.6 is 11.6 Å². The fourth-order valence-corrected chi connectivity index (χ4v) is 5.77. The molecule has 1 N–H and O–H groups in total. The van der Waals surface area contributed by atoms with Crippen molar-refractivity contribution in [2.24, 2.45) is 0 Å². The Balaban J connectivity index is 1.38. The van der Waals surface area contributed by atoms with Gasteiger partial charge in [0.2, 0.25) is 0 Å². The van der Waals surface area contributed by atoms with Crippen LogP contribution in [0.2, 0.25) is 5.02 Å². The molecule has 1 aliphatic rings. The molecule has 6 nitrogen and oxygen atoms in total. The largest absolute Gasteiger partial charge is 0.455 e. The van der Waals surface area contributed by atoms with Crippen LogP contribution in [0.5, 0.6) is 11.5 Å². The number of hydrogen-bond acceptors (Lipinski definition) is 4. The third-order valence-corrected chi connectivity index (χ3v) is 8.03. The molecule has 4 aromatic carbocycles. The summed E-state index contributed by atoms with van der Waals surface area (Å²) in [6.45, 7) is 2.23. The second-order valence-corrected chi connectivity index (χ2v) is 10.8. The molecule has 1 amide bonds. The number of benzene rings is 4. The summed E-state index contributed by atoms with van der Waals surface area (Å²) in [5, 5.41) is 3.33. The van der Waals surface area contributed by atoms with Crippen molar-refractivity contribution in [3.05, 3.63) is 113 Å². The summed E-state index contributed by atoms with van der Waals surface area (Å²) in [7, 11) is -3.69. The van der Waals surface area contributed by atoms with Crippen molar-refractivity contribution < 1.29 is 17.9 Å². The highest BCUT2D eigenvalue weighted by Crippen LogP contribution is 2.35. The number of aryl methyl sites for hydroxylation is 1. The van der Waals surface area contributed by atoms with Crippen molar-refractivity contribution in [3.63, 3.8) is 0 Å². The maximum Gasteiger partial charge on any atom is 0.264 e. The van der Waals surface area contributed by atoms with Gasteiger partial charge < -0.3 is 10.1 Å². The quantitative estimate of drug-likeness (QED) is 0.318. The number of hydrogen-bond donors (Lipinski definition) is 1. The van der Waals surface area contributed by atoms with Crippen LogP contribution in [0.4, 0.5) is 11.4 Å². The molecule has 0 saturated heterocycles. The van der Waals surface area contributed by atoms with Gasteiger partial charge in [-0.05, 0) is 79.6 Å². The molecule has 0 aliphatic carbocycles. The van der Waals surface area contributed by atoms with Gasteiger partial charge in [0, 0.05) is 17.1 Å². The van der Waals surface area contributed by atoms with Gasteiger partial charge in [0.15, 0.2) is 5.75 Å². The van der Waals surface area contributed by atoms with Crippen LogP contribution < -0.4 is 14.4 Å². The number of sulfonamides is 1. The SMILES string of the molecule is Cc1ccc(S(=O)(=O)N2CCc3cc(C(=O)Nc4cc(Cl)ccc4Oc4ccccc4)ccc32)cc1. The van der Waals surface area contributed by atoms with Gasteiger partial charge in [0.05, 0.1) is 16.3 Å². The lowest BCUT2D eigenvalue weighted by atomic mass is 10.1. The van der Waals surface area contributed by atoms with Gasteiger partial charge in [0.25, 0.3) is 15.9 Å². The summed E-state index contributed by atoms with van der Waals surface area (Å²) in [5.74, 6) is 0.732. The minimum absolute atomic E-state index is 0.245. The minimum Gasteiger partial charge on any atom is -0.455 e. The summed E-state index contributed by atoms with van der Waals surface area (Å²) >= 11 is 6.17. The van der Waals surface area contributed by atoms with Crippen molar-refractivity contribution in [1.82, 2.24) is 0 Å². The molecule has 5 rings (SSSR count). The molecular weight excluding hydrogens is 496 g/mol. The van der Waals surface area contributed by atoms with Gasteiger partial charge in [-0.1, -0.05) is 47.5 Å². The number of halogens is 1. The number of rotatable bonds is 6. The third kappa shape index (κ3) is 4.80. The molecule has 0 aromatic heterocycles. The lowest BCUT2D eigenvalue weighted by Gasteiger charge is -2.20. The maximum absolute atomic E-state index is 13.2. The van der Waals surface area contributed by atoms with Gasteiger partial charge in [0.1, 0.15) is 5.75 Å². The molecule has 1 heterocycles. The molecule has 0 saturated carbocycles. The third-order valence-electron chi connectivity index (χ3n) is 5.96. The number of nitrogens with zero attached hydrogens (tertiary/aromatic N) is 1. The van der Waals surface area contributed by atoms with E-state index in [1.165, 1.54) is 4.31 Å². The molecule has 182 valence electrons. The number of anilines is 2. The Morgan fingerprint density at radius 2 is 1.69 bits per heavy atom. The summed E-state index contributed by atoms with van der Waals surface area (Å²) in [4.78, 5) is 13.4. The van der Waals surface area contributed by atoms with E-state index in [0.29, 0.717) is 46.4 Å². The predicted octanol–water partition coefficient (Wildman–Crippen LogP) is 6.44. The van der Waals surface area contributed by atoms with E-state index in [4.69, 9.17) is 16.3 Å². The monoisotopic (exact) mass is 518 g/mol. The fraction of sp³-hybridized carbons (Fsp3) is 0.107. The van der Waals surface area contributed by atoms with Crippen molar-refractivity contribution in [2.75, 3.05) is 16.2 Å². The molecular formula is C28H23ClN2O4S. The zero-order valence-corrected chi connectivity index (χ0v) is 21.0. The number of carbonyl (C=O) groups is 1. The number of nitrogens with one attached hydrogen (secondary N) is 1. The first-order valence-corrected chi connectivity index (χ1v) is 13.2. The number of carbonyl (C=O) groups excluding carboxylic acids is 1. The molecule has 0 radical (unpaired) electrons. The van der Waals surface area contributed by atoms with Crippen LogP contribution in [0, 0.1) is 6.92 Å². The van der Waals surface area contributed by atoms with Gasteiger partial charge in [-0.2, -0.15) is 0 Å². The Kier molecular flexibility index (Phi) is 6.43. The van der Waals surface area contributed by atoms with Crippen LogP contribution in [-0.4, -0.2) is 20.9 Å². The van der Waals surface area contributed by atoms with Crippen LogP contribution in [0.1, 0.15) is 21.5 Å². The van der Waals surface area contributed by atoms with E-state index in [2.05, 4.69) is 5.32 Å². The average Bonchev–Trinajstić information content (AvgIpc) is 3.31. The first kappa shape index (κ1) is 23.9. The lowest BCUT2D eigenvalue weighted by Crippen LogP contribution is -2.29. The molecule has 36 heavy (non-hydrogen) atoms. The smallest absolute Gasteiger partial charge is 0.264 e. The Morgan fingerprint density at radius 3 is 2.44 bits per heavy atom. The first-order chi connectivity index (χ1) is 17.3. The summed E-state index contributed by atoms with van der Waals surface area (Å²) in [6.07, 6.45) is 0.515. The molecule has 0 atom stereocenters. The van der Waals surface area contributed by atoms with E-state index >= 15 is 0 Å². The Bertz CT molecular complexity index is 1540. The maximum atomic E-state index is 13.2. The lowest BCUT2D eigenvalue weighted by molar-refractivity contribution is 0.102. The summed E-state index contributed by atoms with van der Waals surface area (Å²) in [5.41, 5.74) is 3.21. The zero-order chi connectivity index (χ0) is 25.3. The van der Waals surface area contributed by atoms with Gasteiger partial charge in [-0.15, -0.1) is 0 Å². The minimum atomic E-state index is -3.69. The predicted molar refractivity (Wildman–Crippen MR) is 142 cm³/mol. The normalized spacial score (nSPS) is 12.8. The Morgan fingerprint density at radius 1 is 0.944 bits per heavy atom. The highest BCUT2D eigenvalue weighted by atomic mass is 35.5. The summed E-state index contributed by atoms with van der Waals surface area (Å²) in [6, 6.07) is 26.1. The van der Waals surface area contributed by atoms with E-state index in [1.807, 2.05) is 37.3 Å². The Labute approximate surface area is 215 Å².